The molecule has 0 spiro atoms. The number of ether oxygens (including phenoxy) is 1. The molecule has 2 aliphatic heterocycles. The highest BCUT2D eigenvalue weighted by Crippen LogP contribution is 2.34. The zero-order chi connectivity index (χ0) is 24.5. The van der Waals surface area contributed by atoms with Crippen molar-refractivity contribution in [2.45, 2.75) is 69.0 Å². The van der Waals surface area contributed by atoms with Gasteiger partial charge < -0.3 is 15.0 Å². The minimum Gasteiger partial charge on any atom is -0.366 e. The van der Waals surface area contributed by atoms with Crippen LogP contribution in [-0.4, -0.2) is 64.2 Å². The fourth-order valence-corrected chi connectivity index (χ4v) is 6.77. The summed E-state index contributed by atoms with van der Waals surface area (Å²) >= 11 is 7.83. The summed E-state index contributed by atoms with van der Waals surface area (Å²) in [6, 6.07) is 6.38. The fourth-order valence-electron chi connectivity index (χ4n) is 5.50. The number of Topliss-reactive ketones (excluding diaryl/α,β-unsaturated/α-hetero) is 1. The second-order valence-corrected chi connectivity index (χ2v) is 11.2. The van der Waals surface area contributed by atoms with Crippen molar-refractivity contribution < 1.29 is 19.1 Å². The van der Waals surface area contributed by atoms with Gasteiger partial charge in [0.1, 0.15) is 24.8 Å². The predicted molar refractivity (Wildman–Crippen MR) is 135 cm³/mol. The molecule has 2 saturated heterocycles. The van der Waals surface area contributed by atoms with Crippen molar-refractivity contribution in [1.29, 1.82) is 0 Å². The minimum atomic E-state index is -0.683. The minimum absolute atomic E-state index is 0.0183. The molecule has 1 saturated carbocycles. The van der Waals surface area contributed by atoms with Crippen LogP contribution in [0.5, 0.6) is 0 Å². The first kappa shape index (κ1) is 24.4. The molecule has 3 aliphatic rings. The van der Waals surface area contributed by atoms with Crippen LogP contribution in [0.2, 0.25) is 0 Å². The Hall–Kier alpha value is -2.29. The molecule has 7 nitrogen and oxygen atoms in total. The Morgan fingerprint density at radius 3 is 2.83 bits per heavy atom. The number of hydrogen-bond donors (Lipinski definition) is 1. The number of nitrogens with zero attached hydrogens (tertiary/aromatic N) is 2. The number of carbonyl (C=O) groups excluding carboxylic acids is 3. The standard InChI is InChI=1S/C26H30ClN3O4S/c1-2-17-12-16(10-11-28-17)20-8-9-21(35-20)25(32)29-22(15-6-4-3-5-7-15)26(33)30-13-18(27)24-23(30)19(31)14-34-24/h8-12,15,18,22-24H,2-7,13-14H2,1H3,(H,29,32)/t18-,22?,23+,24+/m0/s1. The number of alkyl halides is 1. The summed E-state index contributed by atoms with van der Waals surface area (Å²) in [6.07, 6.45) is 7.10. The maximum Gasteiger partial charge on any atom is 0.262 e. The number of carbonyl (C=O) groups is 3. The lowest BCUT2D eigenvalue weighted by Crippen LogP contribution is -2.55. The molecule has 2 amide bonds. The van der Waals surface area contributed by atoms with Crippen LogP contribution in [0.25, 0.3) is 10.4 Å². The number of amides is 2. The first-order chi connectivity index (χ1) is 17.0. The van der Waals surface area contributed by atoms with Gasteiger partial charge in [0.05, 0.1) is 10.3 Å². The number of ketones is 1. The fraction of sp³-hybridized carbons (Fsp3) is 0.538. The average molecular weight is 516 g/mol. The van der Waals surface area contributed by atoms with Gasteiger partial charge in [0.15, 0.2) is 5.78 Å². The summed E-state index contributed by atoms with van der Waals surface area (Å²) in [5, 5.41) is 2.62. The Kier molecular flexibility index (Phi) is 7.23. The van der Waals surface area contributed by atoms with E-state index in [1.807, 2.05) is 18.2 Å². The van der Waals surface area contributed by atoms with Gasteiger partial charge in [-0.25, -0.2) is 0 Å². The molecular weight excluding hydrogens is 486 g/mol. The molecule has 0 aromatic carbocycles. The molecule has 1 N–H and O–H groups in total. The maximum absolute atomic E-state index is 13.8. The van der Waals surface area contributed by atoms with E-state index in [1.54, 1.807) is 17.2 Å². The zero-order valence-corrected chi connectivity index (χ0v) is 21.3. The zero-order valence-electron chi connectivity index (χ0n) is 19.7. The van der Waals surface area contributed by atoms with Crippen LogP contribution in [0.15, 0.2) is 30.5 Å². The third-order valence-corrected chi connectivity index (χ3v) is 8.89. The van der Waals surface area contributed by atoms with Crippen molar-refractivity contribution in [2.24, 2.45) is 5.92 Å². The first-order valence-corrected chi connectivity index (χ1v) is 13.7. The van der Waals surface area contributed by atoms with Crippen molar-refractivity contribution >= 4 is 40.5 Å². The van der Waals surface area contributed by atoms with Crippen LogP contribution >= 0.6 is 22.9 Å². The number of rotatable bonds is 6. The molecular formula is C26H30ClN3O4S. The van der Waals surface area contributed by atoms with E-state index >= 15 is 0 Å². The lowest BCUT2D eigenvalue weighted by atomic mass is 9.83. The second kappa shape index (κ2) is 10.4. The summed E-state index contributed by atoms with van der Waals surface area (Å²) in [6.45, 7) is 2.29. The predicted octanol–water partition coefficient (Wildman–Crippen LogP) is 3.84. The summed E-state index contributed by atoms with van der Waals surface area (Å²) in [7, 11) is 0. The Balaban J connectivity index is 1.36. The van der Waals surface area contributed by atoms with Gasteiger partial charge in [-0.2, -0.15) is 0 Å². The van der Waals surface area contributed by atoms with Crippen LogP contribution in [0.4, 0.5) is 0 Å². The van der Waals surface area contributed by atoms with Gasteiger partial charge >= 0.3 is 0 Å². The van der Waals surface area contributed by atoms with Crippen LogP contribution in [0.3, 0.4) is 0 Å². The maximum atomic E-state index is 13.8. The van der Waals surface area contributed by atoms with Gasteiger partial charge in [0.2, 0.25) is 5.91 Å². The molecule has 2 aromatic rings. The number of nitrogens with one attached hydrogen (secondary N) is 1. The molecule has 35 heavy (non-hydrogen) atoms. The molecule has 4 heterocycles. The molecule has 3 fully saturated rings. The van der Waals surface area contributed by atoms with E-state index < -0.39 is 23.6 Å². The topological polar surface area (TPSA) is 88.6 Å². The van der Waals surface area contributed by atoms with Crippen LogP contribution in [0.1, 0.15) is 54.4 Å². The SMILES string of the molecule is CCc1cc(-c2ccc(C(=O)NC(C(=O)N3C[C@H](Cl)[C@H]4OCC(=O)[C@H]43)C3CCCCC3)s2)ccn1. The highest BCUT2D eigenvalue weighted by molar-refractivity contribution is 7.17. The smallest absolute Gasteiger partial charge is 0.262 e. The molecule has 4 atom stereocenters. The van der Waals surface area contributed by atoms with E-state index in [0.29, 0.717) is 4.88 Å². The monoisotopic (exact) mass is 515 g/mol. The summed E-state index contributed by atoms with van der Waals surface area (Å²) in [4.78, 5) is 47.0. The van der Waals surface area contributed by atoms with Crippen molar-refractivity contribution in [3.63, 3.8) is 0 Å². The van der Waals surface area contributed by atoms with Crippen LogP contribution < -0.4 is 5.32 Å². The van der Waals surface area contributed by atoms with Crippen molar-refractivity contribution in [3.05, 3.63) is 41.0 Å². The van der Waals surface area contributed by atoms with Crippen molar-refractivity contribution in [1.82, 2.24) is 15.2 Å². The number of pyridine rings is 1. The Bertz CT molecular complexity index is 1120. The third-order valence-electron chi connectivity index (χ3n) is 7.37. The number of halogens is 1. The van der Waals surface area contributed by atoms with Crippen LogP contribution in [0, 0.1) is 5.92 Å². The largest absolute Gasteiger partial charge is 0.366 e. The molecule has 0 bridgehead atoms. The molecule has 1 unspecified atom stereocenters. The third kappa shape index (κ3) is 4.88. The second-order valence-electron chi connectivity index (χ2n) is 9.60. The van der Waals surface area contributed by atoms with Gasteiger partial charge in [0.25, 0.3) is 5.91 Å². The van der Waals surface area contributed by atoms with Crippen LogP contribution in [-0.2, 0) is 20.7 Å². The Morgan fingerprint density at radius 1 is 1.26 bits per heavy atom. The van der Waals surface area contributed by atoms with Gasteiger partial charge in [-0.05, 0) is 55.0 Å². The van der Waals surface area contributed by atoms with E-state index in [2.05, 4.69) is 17.2 Å². The molecule has 9 heteroatoms. The normalized spacial score (nSPS) is 25.5. The van der Waals surface area contributed by atoms with E-state index in [-0.39, 0.29) is 36.7 Å². The highest BCUT2D eigenvalue weighted by atomic mass is 35.5. The van der Waals surface area contributed by atoms with Gasteiger partial charge in [-0.1, -0.05) is 26.2 Å². The first-order valence-electron chi connectivity index (χ1n) is 12.4. The molecule has 1 aliphatic carbocycles. The lowest BCUT2D eigenvalue weighted by molar-refractivity contribution is -0.139. The lowest BCUT2D eigenvalue weighted by Gasteiger charge is -2.34. The Labute approximate surface area is 214 Å². The van der Waals surface area contributed by atoms with Crippen molar-refractivity contribution in [3.8, 4) is 10.4 Å². The van der Waals surface area contributed by atoms with Crippen molar-refractivity contribution in [2.75, 3.05) is 13.2 Å². The number of aryl methyl sites for hydroxylation is 1. The molecule has 5 rings (SSSR count). The summed E-state index contributed by atoms with van der Waals surface area (Å²) < 4.78 is 5.55. The average Bonchev–Trinajstić information content (AvgIpc) is 3.61. The van der Waals surface area contributed by atoms with E-state index in [1.165, 1.54) is 11.3 Å². The quantitative estimate of drug-likeness (QED) is 0.590. The Morgan fingerprint density at radius 2 is 2.06 bits per heavy atom. The van der Waals surface area contributed by atoms with Gasteiger partial charge in [0, 0.05) is 23.3 Å². The molecule has 186 valence electrons. The van der Waals surface area contributed by atoms with E-state index in [9.17, 15) is 14.4 Å². The summed E-state index contributed by atoms with van der Waals surface area (Å²) in [5.74, 6) is -0.563. The van der Waals surface area contributed by atoms with Gasteiger partial charge in [-0.3, -0.25) is 19.4 Å². The summed E-state index contributed by atoms with van der Waals surface area (Å²) in [5.41, 5.74) is 2.02. The molecule has 2 aromatic heterocycles. The van der Waals surface area contributed by atoms with E-state index in [0.717, 1.165) is 54.7 Å². The number of likely N-dealkylation sites (tertiary alicyclic amines) is 1. The number of fused-ring (bicyclic) bond motifs is 1. The number of hydrogen-bond acceptors (Lipinski definition) is 6. The highest BCUT2D eigenvalue weighted by Gasteiger charge is 2.53. The molecule has 0 radical (unpaired) electrons. The van der Waals surface area contributed by atoms with Gasteiger partial charge in [-0.15, -0.1) is 22.9 Å². The number of aromatic nitrogens is 1. The number of thiophene rings is 1. The van der Waals surface area contributed by atoms with E-state index in [4.69, 9.17) is 16.3 Å².